The van der Waals surface area contributed by atoms with Crippen molar-refractivity contribution in [2.24, 2.45) is 0 Å². The van der Waals surface area contributed by atoms with Crippen LogP contribution >= 0.6 is 0 Å². The van der Waals surface area contributed by atoms with E-state index in [0.29, 0.717) is 11.1 Å². The van der Waals surface area contributed by atoms with Gasteiger partial charge in [-0.1, -0.05) is 18.2 Å². The van der Waals surface area contributed by atoms with Gasteiger partial charge in [0, 0.05) is 6.07 Å². The van der Waals surface area contributed by atoms with E-state index in [-0.39, 0.29) is 28.6 Å². The minimum atomic E-state index is -1.78. The van der Waals surface area contributed by atoms with Gasteiger partial charge in [0.2, 0.25) is 6.29 Å². The van der Waals surface area contributed by atoms with Crippen molar-refractivity contribution in [2.45, 2.75) is 30.7 Å². The molecule has 13 nitrogen and oxygen atoms in total. The number of aliphatic hydroxyl groups is 3. The third-order valence-electron chi connectivity index (χ3n) is 5.97. The summed E-state index contributed by atoms with van der Waals surface area (Å²) in [5.41, 5.74) is 0.671. The van der Waals surface area contributed by atoms with Crippen LogP contribution in [0.3, 0.4) is 0 Å². The Morgan fingerprint density at radius 1 is 0.750 bits per heavy atom. The Bertz CT molecular complexity index is 1380. The fraction of sp³-hybridized carbons (Fsp3) is 0.222. The summed E-state index contributed by atoms with van der Waals surface area (Å²) in [6.07, 6.45) is -5.09. The highest BCUT2D eigenvalue weighted by atomic mass is 16.7. The molecule has 0 aromatic heterocycles. The fourth-order valence-corrected chi connectivity index (χ4v) is 3.88. The Kier molecular flexibility index (Phi) is 8.21. The first-order valence-electron chi connectivity index (χ1n) is 11.8. The molecule has 1 saturated heterocycles. The maximum Gasteiger partial charge on any atom is 0.338 e. The highest BCUT2D eigenvalue weighted by molar-refractivity contribution is 5.91. The molecule has 3 aromatic rings. The zero-order valence-electron chi connectivity index (χ0n) is 20.5. The largest absolute Gasteiger partial charge is 0.508 e. The highest BCUT2D eigenvalue weighted by Crippen LogP contribution is 2.36. The number of carbonyl (C=O) groups excluding carboxylic acids is 1. The zero-order valence-corrected chi connectivity index (χ0v) is 20.5. The van der Waals surface area contributed by atoms with E-state index >= 15 is 0 Å². The van der Waals surface area contributed by atoms with Crippen molar-refractivity contribution < 1.29 is 65.0 Å². The average molecular weight is 558 g/mol. The van der Waals surface area contributed by atoms with Gasteiger partial charge >= 0.3 is 5.97 Å². The SMILES string of the molecule is O=C(OCC1OC(Oc2ccc(/C=C\c3cc(O)cc(O)c3)cc2O)C(O)C(O)C1O)c1cc(O)c(O)c(O)c1. The molecule has 13 heteroatoms. The van der Waals surface area contributed by atoms with Crippen LogP contribution in [0.15, 0.2) is 48.5 Å². The van der Waals surface area contributed by atoms with Crippen LogP contribution in [0.2, 0.25) is 0 Å². The van der Waals surface area contributed by atoms with Crippen LogP contribution in [-0.2, 0) is 9.47 Å². The first kappa shape index (κ1) is 28.3. The van der Waals surface area contributed by atoms with Crippen LogP contribution in [-0.4, -0.2) is 89.2 Å². The van der Waals surface area contributed by atoms with Crippen LogP contribution in [0.5, 0.6) is 40.2 Å². The summed E-state index contributed by atoms with van der Waals surface area (Å²) in [5, 5.41) is 89.0. The summed E-state index contributed by atoms with van der Waals surface area (Å²) >= 11 is 0. The van der Waals surface area contributed by atoms with Crippen LogP contribution in [0.25, 0.3) is 12.2 Å². The first-order valence-corrected chi connectivity index (χ1v) is 11.8. The van der Waals surface area contributed by atoms with Crippen molar-refractivity contribution in [3.63, 3.8) is 0 Å². The summed E-state index contributed by atoms with van der Waals surface area (Å²) in [6.45, 7) is -0.646. The number of phenols is 6. The molecule has 3 aromatic carbocycles. The molecule has 212 valence electrons. The number of benzene rings is 3. The summed E-state index contributed by atoms with van der Waals surface area (Å²) in [7, 11) is 0. The molecule has 1 heterocycles. The second kappa shape index (κ2) is 11.6. The van der Waals surface area contributed by atoms with Crippen molar-refractivity contribution >= 4 is 18.1 Å². The molecule has 0 amide bonds. The molecule has 1 fully saturated rings. The summed E-state index contributed by atoms with van der Waals surface area (Å²) in [4.78, 5) is 12.3. The molecule has 0 spiro atoms. The molecular formula is C27H26O13. The highest BCUT2D eigenvalue weighted by Gasteiger charge is 2.45. The van der Waals surface area contributed by atoms with Gasteiger partial charge in [0.1, 0.15) is 42.5 Å². The number of esters is 1. The quantitative estimate of drug-likeness (QED) is 0.113. The van der Waals surface area contributed by atoms with Gasteiger partial charge in [0.15, 0.2) is 28.7 Å². The minimum Gasteiger partial charge on any atom is -0.508 e. The van der Waals surface area contributed by atoms with E-state index in [1.54, 1.807) is 12.2 Å². The van der Waals surface area contributed by atoms with Gasteiger partial charge in [-0.3, -0.25) is 0 Å². The van der Waals surface area contributed by atoms with Gasteiger partial charge in [-0.05, 0) is 47.5 Å². The maximum absolute atomic E-state index is 12.3. The smallest absolute Gasteiger partial charge is 0.338 e. The number of phenolic OH excluding ortho intramolecular Hbond substituents is 6. The summed E-state index contributed by atoms with van der Waals surface area (Å²) in [6, 6.07) is 9.90. The molecule has 9 N–H and O–H groups in total. The number of ether oxygens (including phenoxy) is 3. The Morgan fingerprint density at radius 3 is 2.00 bits per heavy atom. The molecular weight excluding hydrogens is 532 g/mol. The molecule has 5 unspecified atom stereocenters. The molecule has 0 saturated carbocycles. The number of hydrogen-bond donors (Lipinski definition) is 9. The topological polar surface area (TPSA) is 227 Å². The van der Waals surface area contributed by atoms with E-state index in [0.717, 1.165) is 12.1 Å². The molecule has 0 aliphatic carbocycles. The molecule has 1 aliphatic rings. The molecule has 0 bridgehead atoms. The lowest BCUT2D eigenvalue weighted by molar-refractivity contribution is -0.277. The second-order valence-electron chi connectivity index (χ2n) is 8.94. The lowest BCUT2D eigenvalue weighted by Gasteiger charge is -2.39. The third-order valence-corrected chi connectivity index (χ3v) is 5.97. The minimum absolute atomic E-state index is 0.128. The maximum atomic E-state index is 12.3. The van der Waals surface area contributed by atoms with Crippen molar-refractivity contribution in [3.05, 3.63) is 65.2 Å². The van der Waals surface area contributed by atoms with Crippen molar-refractivity contribution in [1.82, 2.24) is 0 Å². The number of rotatable bonds is 7. The normalized spacial score (nSPS) is 22.7. The van der Waals surface area contributed by atoms with E-state index in [4.69, 9.17) is 14.2 Å². The number of hydrogen-bond acceptors (Lipinski definition) is 13. The summed E-state index contributed by atoms with van der Waals surface area (Å²) < 4.78 is 16.0. The average Bonchev–Trinajstić information content (AvgIpc) is 2.90. The Hall–Kier alpha value is -4.69. The number of aliphatic hydroxyl groups excluding tert-OH is 3. The molecule has 5 atom stereocenters. The van der Waals surface area contributed by atoms with Gasteiger partial charge in [0.05, 0.1) is 5.56 Å². The van der Waals surface area contributed by atoms with Gasteiger partial charge in [-0.2, -0.15) is 0 Å². The van der Waals surface area contributed by atoms with Crippen molar-refractivity contribution in [1.29, 1.82) is 0 Å². The zero-order chi connectivity index (χ0) is 29.1. The van der Waals surface area contributed by atoms with Crippen LogP contribution in [0.1, 0.15) is 21.5 Å². The van der Waals surface area contributed by atoms with E-state index in [1.807, 2.05) is 0 Å². The van der Waals surface area contributed by atoms with Crippen molar-refractivity contribution in [3.8, 4) is 40.2 Å². The summed E-state index contributed by atoms with van der Waals surface area (Å²) in [5.74, 6) is -4.21. The van der Waals surface area contributed by atoms with E-state index in [1.165, 1.54) is 36.4 Å². The lowest BCUT2D eigenvalue weighted by Crippen LogP contribution is -2.60. The molecule has 1 aliphatic heterocycles. The number of carbonyl (C=O) groups is 1. The van der Waals surface area contributed by atoms with E-state index in [9.17, 15) is 50.8 Å². The van der Waals surface area contributed by atoms with Crippen LogP contribution in [0.4, 0.5) is 0 Å². The van der Waals surface area contributed by atoms with E-state index in [2.05, 4.69) is 0 Å². The van der Waals surface area contributed by atoms with Crippen molar-refractivity contribution in [2.75, 3.05) is 6.61 Å². The number of aromatic hydroxyl groups is 6. The first-order chi connectivity index (χ1) is 18.9. The van der Waals surface area contributed by atoms with Gasteiger partial charge < -0.3 is 60.2 Å². The predicted molar refractivity (Wildman–Crippen MR) is 136 cm³/mol. The van der Waals surface area contributed by atoms with Crippen LogP contribution < -0.4 is 4.74 Å². The standard InChI is InChI=1S/C27H26O13/c28-15-5-13(6-16(29)10-15)2-1-12-3-4-20(17(30)7-12)39-27-25(36)24(35)23(34)21(40-27)11-38-26(37)14-8-18(31)22(33)19(32)9-14/h1-10,21,23-25,27-36H,11H2/b2-1-. The third kappa shape index (κ3) is 6.30. The monoisotopic (exact) mass is 558 g/mol. The Morgan fingerprint density at radius 2 is 1.38 bits per heavy atom. The molecule has 40 heavy (non-hydrogen) atoms. The fourth-order valence-electron chi connectivity index (χ4n) is 3.88. The van der Waals surface area contributed by atoms with Gasteiger partial charge in [-0.25, -0.2) is 4.79 Å². The molecule has 4 rings (SSSR count). The van der Waals surface area contributed by atoms with Gasteiger partial charge in [-0.15, -0.1) is 0 Å². The van der Waals surface area contributed by atoms with Gasteiger partial charge in [0.25, 0.3) is 0 Å². The lowest BCUT2D eigenvalue weighted by atomic mass is 9.99. The molecule has 0 radical (unpaired) electrons. The Labute approximate surface area is 226 Å². The predicted octanol–water partition coefficient (Wildman–Crippen LogP) is 1.13. The van der Waals surface area contributed by atoms with Crippen LogP contribution in [0, 0.1) is 0 Å². The second-order valence-corrected chi connectivity index (χ2v) is 8.94. The Balaban J connectivity index is 1.42. The van der Waals surface area contributed by atoms with E-state index < -0.39 is 60.5 Å².